The average molecular weight is 391 g/mol. The van der Waals surface area contributed by atoms with Gasteiger partial charge in [-0.15, -0.1) is 0 Å². The molecule has 5 rings (SSSR count). The van der Waals surface area contributed by atoms with Gasteiger partial charge in [0.2, 0.25) is 0 Å². The lowest BCUT2D eigenvalue weighted by molar-refractivity contribution is -0.129. The molecule has 3 aliphatic carbocycles. The van der Waals surface area contributed by atoms with Crippen molar-refractivity contribution in [1.29, 1.82) is 0 Å². The number of ketones is 1. The summed E-state index contributed by atoms with van der Waals surface area (Å²) in [6, 6.07) is 16.4. The molecule has 29 heavy (non-hydrogen) atoms. The third-order valence-corrected chi connectivity index (χ3v) is 8.02. The Morgan fingerprint density at radius 1 is 1.10 bits per heavy atom. The molecule has 0 saturated heterocycles. The molecule has 2 aromatic rings. The predicted molar refractivity (Wildman–Crippen MR) is 113 cm³/mol. The standard InChI is InChI=1S/C26H30O3/c1-26-14-13-21-20-10-8-19(29-24(16-27)17-5-3-2-4-6-17)15-18(20)7-9-22(21)23(26)11-12-25(26)28/h2-6,8,10,15,21-24,27H,7,9,11-14,16H2,1H3/t21-,22-,23+,24?,26+/m1/s1. The van der Waals surface area contributed by atoms with Crippen molar-refractivity contribution in [2.24, 2.45) is 17.3 Å². The second kappa shape index (κ2) is 7.28. The van der Waals surface area contributed by atoms with Crippen LogP contribution in [0.2, 0.25) is 0 Å². The summed E-state index contributed by atoms with van der Waals surface area (Å²) in [4.78, 5) is 12.5. The predicted octanol–water partition coefficient (Wildman–Crippen LogP) is 5.22. The first-order valence-electron chi connectivity index (χ1n) is 11.1. The van der Waals surface area contributed by atoms with Crippen LogP contribution in [-0.2, 0) is 11.2 Å². The summed E-state index contributed by atoms with van der Waals surface area (Å²) in [6.07, 6.45) is 5.93. The first-order valence-corrected chi connectivity index (χ1v) is 11.1. The minimum atomic E-state index is -0.342. The van der Waals surface area contributed by atoms with Gasteiger partial charge in [0.05, 0.1) is 6.61 Å². The van der Waals surface area contributed by atoms with E-state index in [1.165, 1.54) is 17.5 Å². The Bertz CT molecular complexity index is 905. The van der Waals surface area contributed by atoms with Gasteiger partial charge in [-0.1, -0.05) is 43.3 Å². The highest BCUT2D eigenvalue weighted by molar-refractivity contribution is 5.87. The van der Waals surface area contributed by atoms with Crippen molar-refractivity contribution < 1.29 is 14.6 Å². The molecule has 0 radical (unpaired) electrons. The van der Waals surface area contributed by atoms with Crippen LogP contribution in [0, 0.1) is 17.3 Å². The molecule has 0 bridgehead atoms. The fourth-order valence-electron chi connectivity index (χ4n) is 6.45. The lowest BCUT2D eigenvalue weighted by atomic mass is 9.55. The van der Waals surface area contributed by atoms with E-state index in [1.807, 2.05) is 30.3 Å². The molecule has 0 aliphatic heterocycles. The maximum absolute atomic E-state index is 12.5. The van der Waals surface area contributed by atoms with E-state index in [2.05, 4.69) is 25.1 Å². The van der Waals surface area contributed by atoms with Crippen LogP contribution in [0.3, 0.4) is 0 Å². The first-order chi connectivity index (χ1) is 14.1. The van der Waals surface area contributed by atoms with E-state index in [0.717, 1.165) is 43.4 Å². The minimum absolute atomic E-state index is 0.0416. The molecular formula is C26H30O3. The highest BCUT2D eigenvalue weighted by Crippen LogP contribution is 2.59. The molecule has 3 aliphatic rings. The molecule has 2 aromatic carbocycles. The molecule has 0 amide bonds. The van der Waals surface area contributed by atoms with Crippen molar-refractivity contribution in [2.75, 3.05) is 6.61 Å². The summed E-state index contributed by atoms with van der Waals surface area (Å²) >= 11 is 0. The molecule has 0 spiro atoms. The van der Waals surface area contributed by atoms with Gasteiger partial charge in [0.15, 0.2) is 0 Å². The molecule has 0 heterocycles. The summed E-state index contributed by atoms with van der Waals surface area (Å²) < 4.78 is 6.16. The first kappa shape index (κ1) is 18.9. The number of aliphatic hydroxyl groups is 1. The summed E-state index contributed by atoms with van der Waals surface area (Å²) in [5, 5.41) is 9.81. The minimum Gasteiger partial charge on any atom is -0.483 e. The SMILES string of the molecule is C[C@]12CC[C@@H]3c4ccc(OC(CO)c5ccccc5)cc4CC[C@H]3[C@@H]1CCC2=O. The van der Waals surface area contributed by atoms with Crippen LogP contribution in [0.1, 0.15) is 67.7 Å². The third-order valence-electron chi connectivity index (χ3n) is 8.02. The lowest BCUT2D eigenvalue weighted by Gasteiger charge is -2.48. The topological polar surface area (TPSA) is 46.5 Å². The van der Waals surface area contributed by atoms with Crippen molar-refractivity contribution in [3.63, 3.8) is 0 Å². The second-order valence-electron chi connectivity index (χ2n) is 9.39. The lowest BCUT2D eigenvalue weighted by Crippen LogP contribution is -2.42. The number of aryl methyl sites for hydroxylation is 1. The van der Waals surface area contributed by atoms with Gasteiger partial charge in [-0.2, -0.15) is 0 Å². The van der Waals surface area contributed by atoms with Gasteiger partial charge in [0, 0.05) is 11.8 Å². The number of carbonyl (C=O) groups excluding carboxylic acids is 1. The fourth-order valence-corrected chi connectivity index (χ4v) is 6.45. The Labute approximate surface area is 173 Å². The zero-order valence-corrected chi connectivity index (χ0v) is 17.1. The molecule has 152 valence electrons. The number of benzene rings is 2. The van der Waals surface area contributed by atoms with E-state index >= 15 is 0 Å². The number of rotatable bonds is 4. The number of aliphatic hydroxyl groups excluding tert-OH is 1. The maximum Gasteiger partial charge on any atom is 0.147 e. The maximum atomic E-state index is 12.5. The zero-order valence-electron chi connectivity index (χ0n) is 17.1. The molecule has 2 saturated carbocycles. The van der Waals surface area contributed by atoms with E-state index in [9.17, 15) is 9.90 Å². The van der Waals surface area contributed by atoms with Crippen molar-refractivity contribution >= 4 is 5.78 Å². The van der Waals surface area contributed by atoms with Crippen molar-refractivity contribution in [2.45, 2.75) is 57.5 Å². The Hall–Kier alpha value is -2.13. The van der Waals surface area contributed by atoms with Gasteiger partial charge in [-0.3, -0.25) is 4.79 Å². The number of fused-ring (bicyclic) bond motifs is 5. The number of carbonyl (C=O) groups is 1. The normalized spacial score (nSPS) is 31.5. The number of Topliss-reactive ketones (excluding diaryl/α,β-unsaturated/α-hetero) is 1. The second-order valence-corrected chi connectivity index (χ2v) is 9.39. The summed E-state index contributed by atoms with van der Waals surface area (Å²) in [6.45, 7) is 2.19. The third kappa shape index (κ3) is 3.11. The molecule has 5 atom stereocenters. The largest absolute Gasteiger partial charge is 0.483 e. The van der Waals surface area contributed by atoms with Gasteiger partial charge in [0.1, 0.15) is 17.6 Å². The Morgan fingerprint density at radius 2 is 1.93 bits per heavy atom. The highest BCUT2D eigenvalue weighted by atomic mass is 16.5. The molecule has 1 N–H and O–H groups in total. The number of hydrogen-bond acceptors (Lipinski definition) is 3. The smallest absolute Gasteiger partial charge is 0.147 e. The molecule has 1 unspecified atom stereocenters. The Morgan fingerprint density at radius 3 is 2.72 bits per heavy atom. The molecular weight excluding hydrogens is 360 g/mol. The van der Waals surface area contributed by atoms with Gasteiger partial charge >= 0.3 is 0 Å². The van der Waals surface area contributed by atoms with E-state index < -0.39 is 0 Å². The van der Waals surface area contributed by atoms with Crippen molar-refractivity contribution in [3.8, 4) is 5.75 Å². The average Bonchev–Trinajstić information content (AvgIpc) is 3.07. The monoisotopic (exact) mass is 390 g/mol. The fraction of sp³-hybridized carbons (Fsp3) is 0.500. The summed E-state index contributed by atoms with van der Waals surface area (Å²) in [5.74, 6) is 3.14. The summed E-state index contributed by atoms with van der Waals surface area (Å²) in [7, 11) is 0. The Balaban J connectivity index is 1.38. The van der Waals surface area contributed by atoms with Gasteiger partial charge < -0.3 is 9.84 Å². The number of hydrogen-bond donors (Lipinski definition) is 1. The summed E-state index contributed by atoms with van der Waals surface area (Å²) in [5.41, 5.74) is 3.79. The van der Waals surface area contributed by atoms with Gasteiger partial charge in [-0.25, -0.2) is 0 Å². The van der Waals surface area contributed by atoms with E-state index in [4.69, 9.17) is 4.74 Å². The van der Waals surface area contributed by atoms with Crippen LogP contribution >= 0.6 is 0 Å². The van der Waals surface area contributed by atoms with Crippen LogP contribution < -0.4 is 4.74 Å². The van der Waals surface area contributed by atoms with Crippen molar-refractivity contribution in [3.05, 3.63) is 65.2 Å². The van der Waals surface area contributed by atoms with E-state index in [-0.39, 0.29) is 18.1 Å². The van der Waals surface area contributed by atoms with Crippen LogP contribution in [0.15, 0.2) is 48.5 Å². The van der Waals surface area contributed by atoms with Crippen LogP contribution in [0.25, 0.3) is 0 Å². The number of ether oxygens (including phenoxy) is 1. The van der Waals surface area contributed by atoms with Crippen LogP contribution in [0.5, 0.6) is 5.75 Å². The highest BCUT2D eigenvalue weighted by Gasteiger charge is 2.54. The molecule has 3 heteroatoms. The van der Waals surface area contributed by atoms with E-state index in [0.29, 0.717) is 23.5 Å². The molecule has 2 fully saturated rings. The van der Waals surface area contributed by atoms with Crippen molar-refractivity contribution in [1.82, 2.24) is 0 Å². The van der Waals surface area contributed by atoms with Gasteiger partial charge in [-0.05, 0) is 78.7 Å². The molecule has 3 nitrogen and oxygen atoms in total. The quantitative estimate of drug-likeness (QED) is 0.778. The Kier molecular flexibility index (Phi) is 4.74. The van der Waals surface area contributed by atoms with Crippen LogP contribution in [0.4, 0.5) is 0 Å². The van der Waals surface area contributed by atoms with E-state index in [1.54, 1.807) is 0 Å². The zero-order chi connectivity index (χ0) is 20.0. The molecule has 0 aromatic heterocycles. The van der Waals surface area contributed by atoms with Crippen LogP contribution in [-0.4, -0.2) is 17.5 Å². The van der Waals surface area contributed by atoms with Gasteiger partial charge in [0.25, 0.3) is 0 Å².